The number of anilines is 1. The molecular weight excluding hydrogens is 254 g/mol. The number of hydrogen-bond donors (Lipinski definition) is 2. The monoisotopic (exact) mass is 265 g/mol. The first-order chi connectivity index (χ1) is 8.09. The zero-order chi connectivity index (χ0) is 12.4. The van der Waals surface area contributed by atoms with E-state index in [4.69, 9.17) is 23.7 Å². The van der Waals surface area contributed by atoms with Crippen molar-refractivity contribution >= 4 is 35.3 Å². The first-order valence-electron chi connectivity index (χ1n) is 4.92. The number of nitrogens with two attached hydrogens (primary N) is 2. The van der Waals surface area contributed by atoms with Gasteiger partial charge in [0, 0.05) is 0 Å². The molecule has 6 heteroatoms. The fourth-order valence-corrected chi connectivity index (χ4v) is 2.68. The summed E-state index contributed by atoms with van der Waals surface area (Å²) in [7, 11) is 0. The van der Waals surface area contributed by atoms with Crippen LogP contribution in [0.15, 0.2) is 30.3 Å². The number of aromatic nitrogens is 1. The van der Waals surface area contributed by atoms with Crippen molar-refractivity contribution in [1.82, 2.24) is 4.57 Å². The minimum atomic E-state index is -0.537. The van der Waals surface area contributed by atoms with Crippen molar-refractivity contribution < 1.29 is 4.79 Å². The van der Waals surface area contributed by atoms with E-state index >= 15 is 0 Å². The minimum Gasteiger partial charge on any atom is -0.384 e. The van der Waals surface area contributed by atoms with Crippen LogP contribution in [0.1, 0.15) is 15.2 Å². The molecule has 0 aliphatic rings. The second-order valence-corrected chi connectivity index (χ2v) is 5.16. The molecule has 88 valence electrons. The second kappa shape index (κ2) is 4.68. The third-order valence-corrected chi connectivity index (χ3v) is 3.82. The summed E-state index contributed by atoms with van der Waals surface area (Å²) < 4.78 is 2.27. The molecule has 0 saturated heterocycles. The predicted octanol–water partition coefficient (Wildman–Crippen LogP) is 2.01. The van der Waals surface area contributed by atoms with E-state index in [2.05, 4.69) is 0 Å². The maximum Gasteiger partial charge on any atom is 0.262 e. The van der Waals surface area contributed by atoms with E-state index in [1.807, 2.05) is 30.3 Å². The fraction of sp³-hybridized carbons (Fsp3) is 0.0909. The van der Waals surface area contributed by atoms with Gasteiger partial charge in [-0.15, -0.1) is 0 Å². The number of amides is 1. The highest BCUT2D eigenvalue weighted by atomic mass is 32.1. The smallest absolute Gasteiger partial charge is 0.262 e. The summed E-state index contributed by atoms with van der Waals surface area (Å²) in [6.45, 7) is 0.551. The molecule has 0 fully saturated rings. The van der Waals surface area contributed by atoms with Crippen molar-refractivity contribution in [2.75, 3.05) is 5.73 Å². The molecule has 1 heterocycles. The SMILES string of the molecule is NC(=O)c1sc(=S)n(Cc2ccccc2)c1N. The van der Waals surface area contributed by atoms with Gasteiger partial charge in [-0.1, -0.05) is 41.7 Å². The van der Waals surface area contributed by atoms with Crippen LogP contribution in [0.3, 0.4) is 0 Å². The van der Waals surface area contributed by atoms with Gasteiger partial charge in [0.05, 0.1) is 6.54 Å². The summed E-state index contributed by atoms with van der Waals surface area (Å²) >= 11 is 6.32. The number of nitrogens with zero attached hydrogens (tertiary/aromatic N) is 1. The molecule has 1 amide bonds. The van der Waals surface area contributed by atoms with Gasteiger partial charge < -0.3 is 16.0 Å². The maximum atomic E-state index is 11.1. The lowest BCUT2D eigenvalue weighted by Crippen LogP contribution is -2.13. The Balaban J connectivity index is 2.41. The van der Waals surface area contributed by atoms with Crippen molar-refractivity contribution in [3.8, 4) is 0 Å². The fourth-order valence-electron chi connectivity index (χ4n) is 1.51. The summed E-state index contributed by atoms with van der Waals surface area (Å²) in [4.78, 5) is 11.5. The zero-order valence-electron chi connectivity index (χ0n) is 8.92. The second-order valence-electron chi connectivity index (χ2n) is 3.52. The van der Waals surface area contributed by atoms with Gasteiger partial charge in [-0.25, -0.2) is 0 Å². The molecule has 0 unspecified atom stereocenters. The summed E-state index contributed by atoms with van der Waals surface area (Å²) in [5, 5.41) is 0. The third kappa shape index (κ3) is 2.37. The summed E-state index contributed by atoms with van der Waals surface area (Å²) in [5.74, 6) is -0.193. The van der Waals surface area contributed by atoms with Crippen LogP contribution in [0.25, 0.3) is 0 Å². The van der Waals surface area contributed by atoms with Crippen LogP contribution in [0.4, 0.5) is 5.82 Å². The van der Waals surface area contributed by atoms with Crippen molar-refractivity contribution in [2.45, 2.75) is 6.54 Å². The molecule has 2 aromatic rings. The largest absolute Gasteiger partial charge is 0.384 e. The molecular formula is C11H11N3OS2. The molecule has 1 aromatic heterocycles. The molecule has 0 spiro atoms. The topological polar surface area (TPSA) is 74.0 Å². The van der Waals surface area contributed by atoms with Crippen LogP contribution in [-0.2, 0) is 6.54 Å². The minimum absolute atomic E-state index is 0.325. The highest BCUT2D eigenvalue weighted by Gasteiger charge is 2.14. The lowest BCUT2D eigenvalue weighted by atomic mass is 10.2. The average Bonchev–Trinajstić information content (AvgIpc) is 2.58. The van der Waals surface area contributed by atoms with E-state index in [1.165, 1.54) is 0 Å². The Hall–Kier alpha value is -1.66. The lowest BCUT2D eigenvalue weighted by Gasteiger charge is -2.05. The van der Waals surface area contributed by atoms with Crippen molar-refractivity contribution in [3.63, 3.8) is 0 Å². The number of benzene rings is 1. The van der Waals surface area contributed by atoms with Gasteiger partial charge in [0.25, 0.3) is 5.91 Å². The van der Waals surface area contributed by atoms with E-state index < -0.39 is 5.91 Å². The Bertz CT molecular complexity index is 601. The molecule has 0 aliphatic carbocycles. The van der Waals surface area contributed by atoms with E-state index in [1.54, 1.807) is 4.57 Å². The molecule has 2 rings (SSSR count). The van der Waals surface area contributed by atoms with Crippen LogP contribution >= 0.6 is 23.6 Å². The van der Waals surface area contributed by atoms with Crippen LogP contribution in [-0.4, -0.2) is 10.5 Å². The normalized spacial score (nSPS) is 10.4. The van der Waals surface area contributed by atoms with Crippen molar-refractivity contribution in [3.05, 3.63) is 44.7 Å². The first-order valence-corrected chi connectivity index (χ1v) is 6.15. The number of thiazole rings is 1. The van der Waals surface area contributed by atoms with Gasteiger partial charge in [0.15, 0.2) is 3.95 Å². The van der Waals surface area contributed by atoms with Gasteiger partial charge in [-0.2, -0.15) is 0 Å². The number of carbonyl (C=O) groups excluding carboxylic acids is 1. The Morgan fingerprint density at radius 2 is 2.00 bits per heavy atom. The van der Waals surface area contributed by atoms with E-state index in [9.17, 15) is 4.79 Å². The van der Waals surface area contributed by atoms with Crippen LogP contribution in [0.5, 0.6) is 0 Å². The quantitative estimate of drug-likeness (QED) is 0.834. The van der Waals surface area contributed by atoms with E-state index in [-0.39, 0.29) is 0 Å². The Morgan fingerprint density at radius 1 is 1.35 bits per heavy atom. The molecule has 4 nitrogen and oxygen atoms in total. The number of carbonyl (C=O) groups is 1. The number of hydrogen-bond acceptors (Lipinski definition) is 4. The highest BCUT2D eigenvalue weighted by molar-refractivity contribution is 7.73. The first kappa shape index (κ1) is 11.8. The Labute approximate surface area is 107 Å². The Morgan fingerprint density at radius 3 is 2.53 bits per heavy atom. The molecule has 4 N–H and O–H groups in total. The van der Waals surface area contributed by atoms with Crippen molar-refractivity contribution in [1.29, 1.82) is 0 Å². The molecule has 0 saturated carbocycles. The number of primary amides is 1. The maximum absolute atomic E-state index is 11.1. The zero-order valence-corrected chi connectivity index (χ0v) is 10.6. The van der Waals surface area contributed by atoms with Gasteiger partial charge in [0.1, 0.15) is 10.7 Å². The van der Waals surface area contributed by atoms with Gasteiger partial charge in [-0.3, -0.25) is 4.79 Å². The number of nitrogen functional groups attached to an aromatic ring is 1. The van der Waals surface area contributed by atoms with Gasteiger partial charge in [0.2, 0.25) is 0 Å². The third-order valence-electron chi connectivity index (χ3n) is 2.34. The summed E-state index contributed by atoms with van der Waals surface area (Å²) in [6, 6.07) is 9.77. The number of rotatable bonds is 3. The van der Waals surface area contributed by atoms with Crippen LogP contribution in [0.2, 0.25) is 0 Å². The molecule has 17 heavy (non-hydrogen) atoms. The summed E-state index contributed by atoms with van der Waals surface area (Å²) in [5.41, 5.74) is 12.2. The molecule has 1 aromatic carbocycles. The predicted molar refractivity (Wildman–Crippen MR) is 71.6 cm³/mol. The van der Waals surface area contributed by atoms with Gasteiger partial charge >= 0.3 is 0 Å². The van der Waals surface area contributed by atoms with E-state index in [0.717, 1.165) is 16.9 Å². The average molecular weight is 265 g/mol. The lowest BCUT2D eigenvalue weighted by molar-refractivity contribution is 0.100. The standard InChI is InChI=1S/C11H11N3OS2/c12-9-8(10(13)15)17-11(16)14(9)6-7-4-2-1-3-5-7/h1-5H,6,12H2,(H2,13,15). The molecule has 0 aliphatic heterocycles. The summed E-state index contributed by atoms with van der Waals surface area (Å²) in [6.07, 6.45) is 0. The van der Waals surface area contributed by atoms with Gasteiger partial charge in [-0.05, 0) is 17.8 Å². The molecule has 0 bridgehead atoms. The van der Waals surface area contributed by atoms with E-state index in [0.29, 0.717) is 21.2 Å². The molecule has 0 radical (unpaired) electrons. The van der Waals surface area contributed by atoms with Crippen molar-refractivity contribution in [2.24, 2.45) is 5.73 Å². The highest BCUT2D eigenvalue weighted by Crippen LogP contribution is 2.22. The molecule has 0 atom stereocenters. The Kier molecular flexibility index (Phi) is 3.26. The van der Waals surface area contributed by atoms with Crippen LogP contribution < -0.4 is 11.5 Å². The van der Waals surface area contributed by atoms with Crippen LogP contribution in [0, 0.1) is 3.95 Å².